The van der Waals surface area contributed by atoms with Crippen LogP contribution in [-0.4, -0.2) is 36.0 Å². The van der Waals surface area contributed by atoms with Crippen LogP contribution in [0.1, 0.15) is 38.3 Å². The van der Waals surface area contributed by atoms with Crippen molar-refractivity contribution in [1.29, 1.82) is 0 Å². The molecule has 3 N–H and O–H groups in total. The number of H-pyrrole nitrogens is 1. The molecule has 0 aliphatic heterocycles. The number of ether oxygens (including phenoxy) is 1. The Balaban J connectivity index is 1.96. The van der Waals surface area contributed by atoms with E-state index < -0.39 is 6.10 Å². The lowest BCUT2D eigenvalue weighted by Crippen LogP contribution is -2.30. The molecule has 1 aromatic rings. The maximum atomic E-state index is 10.9. The quantitative estimate of drug-likeness (QED) is 0.539. The summed E-state index contributed by atoms with van der Waals surface area (Å²) in [4.78, 5) is 13.6. The highest BCUT2D eigenvalue weighted by molar-refractivity contribution is 7.07. The Morgan fingerprint density at radius 1 is 1.47 bits per heavy atom. The highest BCUT2D eigenvalue weighted by Crippen LogP contribution is 1.99. The predicted molar refractivity (Wildman–Crippen MR) is 77.6 cm³/mol. The number of aliphatic hydroxyl groups excluding tert-OH is 1. The van der Waals surface area contributed by atoms with E-state index in [2.05, 4.69) is 17.2 Å². The molecule has 0 aliphatic carbocycles. The van der Waals surface area contributed by atoms with Gasteiger partial charge in [0.15, 0.2) is 0 Å². The second-order valence-corrected chi connectivity index (χ2v) is 5.44. The van der Waals surface area contributed by atoms with E-state index in [4.69, 9.17) is 4.74 Å². The number of hydrogen-bond donors (Lipinski definition) is 3. The van der Waals surface area contributed by atoms with Crippen molar-refractivity contribution >= 4 is 11.3 Å². The first-order valence-electron chi connectivity index (χ1n) is 6.85. The smallest absolute Gasteiger partial charge is 0.304 e. The largest absolute Gasteiger partial charge is 0.389 e. The molecule has 6 heteroatoms. The number of hydrogen-bond acceptors (Lipinski definition) is 5. The first-order valence-corrected chi connectivity index (χ1v) is 7.73. The lowest BCUT2D eigenvalue weighted by atomic mass is 10.2. The molecule has 5 nitrogen and oxygen atoms in total. The number of aromatic nitrogens is 1. The van der Waals surface area contributed by atoms with Crippen molar-refractivity contribution in [3.8, 4) is 0 Å². The molecule has 0 spiro atoms. The van der Waals surface area contributed by atoms with Crippen LogP contribution < -0.4 is 10.2 Å². The van der Waals surface area contributed by atoms with Gasteiger partial charge in [-0.3, -0.25) is 4.79 Å². The van der Waals surface area contributed by atoms with Crippen LogP contribution in [0.25, 0.3) is 0 Å². The Hall–Kier alpha value is -0.690. The topological polar surface area (TPSA) is 74.3 Å². The second kappa shape index (κ2) is 10.1. The molecule has 0 saturated carbocycles. The van der Waals surface area contributed by atoms with Gasteiger partial charge in [-0.1, -0.05) is 37.5 Å². The number of unbranched alkanes of at least 4 members (excludes halogenated alkanes) is 3. The first-order chi connectivity index (χ1) is 9.22. The van der Waals surface area contributed by atoms with E-state index in [-0.39, 0.29) is 4.87 Å². The minimum Gasteiger partial charge on any atom is -0.389 e. The molecule has 19 heavy (non-hydrogen) atoms. The molecule has 0 amide bonds. The van der Waals surface area contributed by atoms with Crippen molar-refractivity contribution in [2.75, 3.05) is 19.8 Å². The van der Waals surface area contributed by atoms with E-state index >= 15 is 0 Å². The van der Waals surface area contributed by atoms with Crippen LogP contribution in [0.2, 0.25) is 0 Å². The fourth-order valence-corrected chi connectivity index (χ4v) is 2.26. The van der Waals surface area contributed by atoms with Crippen LogP contribution in [0.5, 0.6) is 0 Å². The Morgan fingerprint density at radius 3 is 3.00 bits per heavy atom. The Kier molecular flexibility index (Phi) is 8.73. The lowest BCUT2D eigenvalue weighted by Gasteiger charge is -2.11. The summed E-state index contributed by atoms with van der Waals surface area (Å²) in [5.74, 6) is 0. The van der Waals surface area contributed by atoms with Gasteiger partial charge in [-0.05, 0) is 6.42 Å². The maximum absolute atomic E-state index is 10.9. The zero-order valence-electron chi connectivity index (χ0n) is 11.5. The van der Waals surface area contributed by atoms with Gasteiger partial charge in [-0.2, -0.15) is 0 Å². The van der Waals surface area contributed by atoms with Crippen LogP contribution in [-0.2, 0) is 11.3 Å². The lowest BCUT2D eigenvalue weighted by molar-refractivity contribution is 0.0353. The summed E-state index contributed by atoms with van der Waals surface area (Å²) in [6.45, 7) is 4.28. The molecular weight excluding hydrogens is 264 g/mol. The van der Waals surface area contributed by atoms with E-state index in [1.165, 1.54) is 19.3 Å². The molecule has 110 valence electrons. The van der Waals surface area contributed by atoms with Gasteiger partial charge < -0.3 is 20.1 Å². The minimum absolute atomic E-state index is 0.0484. The third-order valence-electron chi connectivity index (χ3n) is 2.72. The van der Waals surface area contributed by atoms with E-state index in [0.717, 1.165) is 30.1 Å². The molecule has 1 atom stereocenters. The Bertz CT molecular complexity index is 378. The molecule has 0 radical (unpaired) electrons. The van der Waals surface area contributed by atoms with Gasteiger partial charge in [0.05, 0.1) is 12.7 Å². The second-order valence-electron chi connectivity index (χ2n) is 4.59. The van der Waals surface area contributed by atoms with Gasteiger partial charge in [0.2, 0.25) is 0 Å². The predicted octanol–water partition coefficient (Wildman–Crippen LogP) is 1.48. The zero-order valence-corrected chi connectivity index (χ0v) is 12.3. The zero-order chi connectivity index (χ0) is 13.9. The van der Waals surface area contributed by atoms with Crippen molar-refractivity contribution in [3.05, 3.63) is 20.7 Å². The molecule has 1 heterocycles. The Labute approximate surface area is 118 Å². The molecule has 0 fully saturated rings. The highest BCUT2D eigenvalue weighted by Gasteiger charge is 2.04. The summed E-state index contributed by atoms with van der Waals surface area (Å²) in [5, 5.41) is 14.5. The van der Waals surface area contributed by atoms with E-state index in [9.17, 15) is 9.90 Å². The molecule has 1 rings (SSSR count). The monoisotopic (exact) mass is 288 g/mol. The maximum Gasteiger partial charge on any atom is 0.304 e. The standard InChI is InChI=1S/C13H24N2O3S/c1-2-3-4-5-6-18-9-12(16)8-14-7-11-10-19-13(17)15-11/h10,12,14,16H,2-9H2,1H3,(H,15,17). The number of aliphatic hydroxyl groups is 1. The average Bonchev–Trinajstić information content (AvgIpc) is 2.79. The fraction of sp³-hybridized carbons (Fsp3) is 0.769. The minimum atomic E-state index is -0.503. The van der Waals surface area contributed by atoms with Crippen LogP contribution in [0, 0.1) is 0 Å². The number of nitrogens with one attached hydrogen (secondary N) is 2. The molecule has 1 aromatic heterocycles. The molecule has 0 aromatic carbocycles. The molecular formula is C13H24N2O3S. The van der Waals surface area contributed by atoms with Gasteiger partial charge in [-0.25, -0.2) is 0 Å². The SMILES string of the molecule is CCCCCCOCC(O)CNCc1csc(=O)[nH]1. The molecule has 0 saturated heterocycles. The summed E-state index contributed by atoms with van der Waals surface area (Å²) >= 11 is 1.15. The van der Waals surface area contributed by atoms with Crippen LogP contribution >= 0.6 is 11.3 Å². The first kappa shape index (κ1) is 16.4. The molecule has 0 bridgehead atoms. The Morgan fingerprint density at radius 2 is 2.32 bits per heavy atom. The third-order valence-corrected chi connectivity index (χ3v) is 3.44. The van der Waals surface area contributed by atoms with Crippen LogP contribution in [0.3, 0.4) is 0 Å². The van der Waals surface area contributed by atoms with Gasteiger partial charge >= 0.3 is 4.87 Å². The van der Waals surface area contributed by atoms with Crippen molar-refractivity contribution < 1.29 is 9.84 Å². The number of aromatic amines is 1. The number of rotatable bonds is 11. The fourth-order valence-electron chi connectivity index (χ4n) is 1.68. The van der Waals surface area contributed by atoms with E-state index in [1.54, 1.807) is 5.38 Å². The summed E-state index contributed by atoms with van der Waals surface area (Å²) in [7, 11) is 0. The highest BCUT2D eigenvalue weighted by atomic mass is 32.1. The van der Waals surface area contributed by atoms with E-state index in [1.807, 2.05) is 0 Å². The van der Waals surface area contributed by atoms with Gasteiger partial charge in [0, 0.05) is 30.8 Å². The summed E-state index contributed by atoms with van der Waals surface area (Å²) in [6.07, 6.45) is 4.21. The number of thiazole rings is 1. The van der Waals surface area contributed by atoms with Crippen molar-refractivity contribution in [2.24, 2.45) is 0 Å². The normalized spacial score (nSPS) is 12.7. The van der Waals surface area contributed by atoms with Crippen LogP contribution in [0.4, 0.5) is 0 Å². The molecule has 1 unspecified atom stereocenters. The van der Waals surface area contributed by atoms with Gasteiger partial charge in [0.1, 0.15) is 0 Å². The van der Waals surface area contributed by atoms with Gasteiger partial charge in [0.25, 0.3) is 0 Å². The average molecular weight is 288 g/mol. The summed E-state index contributed by atoms with van der Waals surface area (Å²) in [5.41, 5.74) is 0.850. The van der Waals surface area contributed by atoms with Crippen molar-refractivity contribution in [2.45, 2.75) is 45.3 Å². The third kappa shape index (κ3) is 8.15. The van der Waals surface area contributed by atoms with Gasteiger partial charge in [-0.15, -0.1) is 0 Å². The van der Waals surface area contributed by atoms with Crippen LogP contribution in [0.15, 0.2) is 10.2 Å². The summed E-state index contributed by atoms with van der Waals surface area (Å²) in [6, 6.07) is 0. The molecule has 0 aliphatic rings. The van der Waals surface area contributed by atoms with Crippen molar-refractivity contribution in [3.63, 3.8) is 0 Å². The van der Waals surface area contributed by atoms with Crippen molar-refractivity contribution in [1.82, 2.24) is 10.3 Å². The van der Waals surface area contributed by atoms with E-state index in [0.29, 0.717) is 19.7 Å². The summed E-state index contributed by atoms with van der Waals surface area (Å²) < 4.78 is 5.40.